The maximum Gasteiger partial charge on any atom is 0.305 e. The van der Waals surface area contributed by atoms with Crippen molar-refractivity contribution in [2.24, 2.45) is 0 Å². The highest BCUT2D eigenvalue weighted by Crippen LogP contribution is 2.24. The molecule has 0 saturated carbocycles. The molecule has 4 nitrogen and oxygen atoms in total. The number of unbranched alkanes of at least 4 members (excludes halogenated alkanes) is 20. The van der Waals surface area contributed by atoms with Crippen molar-refractivity contribution in [1.82, 2.24) is 4.90 Å². The number of carbonyl (C=O) groups is 1. The molecule has 0 atom stereocenters. The van der Waals surface area contributed by atoms with Crippen LogP contribution >= 0.6 is 21.6 Å². The number of rotatable bonds is 35. The van der Waals surface area contributed by atoms with Crippen LogP contribution in [0.25, 0.3) is 0 Å². The molecule has 0 aromatic rings. The normalized spacial score (nSPS) is 11.5. The van der Waals surface area contributed by atoms with Crippen molar-refractivity contribution in [3.63, 3.8) is 0 Å². The molecule has 0 aromatic heterocycles. The van der Waals surface area contributed by atoms with E-state index in [1.807, 2.05) is 0 Å². The molecule has 0 heterocycles. The van der Waals surface area contributed by atoms with Crippen molar-refractivity contribution >= 4 is 27.6 Å². The van der Waals surface area contributed by atoms with Gasteiger partial charge in [-0.3, -0.25) is 4.79 Å². The number of carbonyl (C=O) groups excluding carboxylic acids is 1. The Balaban J connectivity index is 3.45. The molecule has 0 rings (SSSR count). The van der Waals surface area contributed by atoms with Crippen LogP contribution in [0.15, 0.2) is 0 Å². The van der Waals surface area contributed by atoms with Gasteiger partial charge < -0.3 is 14.7 Å². The minimum atomic E-state index is -0.0125. The van der Waals surface area contributed by atoms with Gasteiger partial charge in [-0.1, -0.05) is 151 Å². The van der Waals surface area contributed by atoms with E-state index >= 15 is 0 Å². The largest absolute Gasteiger partial charge is 0.466 e. The number of nitrogens with zero attached hydrogens (tertiary/aromatic N) is 1. The van der Waals surface area contributed by atoms with Crippen LogP contribution in [0.1, 0.15) is 174 Å². The molecule has 0 amide bonds. The quantitative estimate of drug-likeness (QED) is 0.0434. The molecule has 0 bridgehead atoms. The summed E-state index contributed by atoms with van der Waals surface area (Å²) in [6.07, 6.45) is 31.5. The molecule has 41 heavy (non-hydrogen) atoms. The molecule has 0 aliphatic heterocycles. The van der Waals surface area contributed by atoms with Crippen LogP contribution in [-0.2, 0) is 9.53 Å². The molecule has 0 unspecified atom stereocenters. The van der Waals surface area contributed by atoms with Crippen LogP contribution in [0.5, 0.6) is 0 Å². The van der Waals surface area contributed by atoms with Gasteiger partial charge in [-0.05, 0) is 51.6 Å². The summed E-state index contributed by atoms with van der Waals surface area (Å²) in [5, 5.41) is 9.44. The zero-order valence-corrected chi connectivity index (χ0v) is 29.3. The Morgan fingerprint density at radius 3 is 1.44 bits per heavy atom. The molecule has 0 aliphatic rings. The predicted molar refractivity (Wildman–Crippen MR) is 186 cm³/mol. The lowest BCUT2D eigenvalue weighted by atomic mass is 10.1. The molecule has 0 aliphatic carbocycles. The van der Waals surface area contributed by atoms with Gasteiger partial charge in [0.1, 0.15) is 0 Å². The topological polar surface area (TPSA) is 49.8 Å². The van der Waals surface area contributed by atoms with E-state index in [9.17, 15) is 9.90 Å². The van der Waals surface area contributed by atoms with Gasteiger partial charge in [-0.15, -0.1) is 0 Å². The molecule has 1 N–H and O–H groups in total. The van der Waals surface area contributed by atoms with Crippen LogP contribution in [0.3, 0.4) is 0 Å². The molecule has 246 valence electrons. The van der Waals surface area contributed by atoms with E-state index in [0.29, 0.717) is 13.0 Å². The van der Waals surface area contributed by atoms with E-state index in [1.54, 1.807) is 0 Å². The number of hydrogen-bond donors (Lipinski definition) is 1. The fourth-order valence-corrected chi connectivity index (χ4v) is 7.49. The van der Waals surface area contributed by atoms with Gasteiger partial charge in [0.05, 0.1) is 13.2 Å². The molecule has 0 saturated heterocycles. The van der Waals surface area contributed by atoms with Crippen LogP contribution in [0, 0.1) is 0 Å². The first kappa shape index (κ1) is 41.1. The van der Waals surface area contributed by atoms with Crippen LogP contribution < -0.4 is 0 Å². The monoisotopic (exact) mass is 617 g/mol. The fraction of sp³-hybridized carbons (Fsp3) is 0.971. The summed E-state index contributed by atoms with van der Waals surface area (Å²) in [6.45, 7) is 8.40. The lowest BCUT2D eigenvalue weighted by Crippen LogP contribution is -2.29. The Morgan fingerprint density at radius 2 is 0.951 bits per heavy atom. The molecule has 6 heteroatoms. The highest BCUT2D eigenvalue weighted by atomic mass is 33.1. The Labute approximate surface area is 265 Å². The van der Waals surface area contributed by atoms with Crippen molar-refractivity contribution in [2.75, 3.05) is 44.4 Å². The Kier molecular flexibility index (Phi) is 36.4. The number of ether oxygens (including phenoxy) is 1. The first-order valence-electron chi connectivity index (χ1n) is 18.0. The number of esters is 1. The summed E-state index contributed by atoms with van der Waals surface area (Å²) in [5.41, 5.74) is 0. The van der Waals surface area contributed by atoms with Gasteiger partial charge in [0.2, 0.25) is 0 Å². The van der Waals surface area contributed by atoms with Crippen molar-refractivity contribution in [3.05, 3.63) is 0 Å². The molecule has 0 fully saturated rings. The van der Waals surface area contributed by atoms with E-state index in [0.717, 1.165) is 38.9 Å². The highest BCUT2D eigenvalue weighted by molar-refractivity contribution is 8.76. The van der Waals surface area contributed by atoms with Gasteiger partial charge in [0.15, 0.2) is 0 Å². The first-order valence-corrected chi connectivity index (χ1v) is 20.5. The molecular weight excluding hydrogens is 547 g/mol. The number of aliphatic hydroxyl groups excluding tert-OH is 1. The summed E-state index contributed by atoms with van der Waals surface area (Å²) in [6, 6.07) is 0. The zero-order valence-electron chi connectivity index (χ0n) is 27.7. The summed E-state index contributed by atoms with van der Waals surface area (Å²) in [4.78, 5) is 14.3. The molecule has 0 spiro atoms. The van der Waals surface area contributed by atoms with E-state index < -0.39 is 0 Å². The van der Waals surface area contributed by atoms with Crippen molar-refractivity contribution in [1.29, 1.82) is 0 Å². The Hall–Kier alpha value is 0.0900. The van der Waals surface area contributed by atoms with Gasteiger partial charge in [-0.2, -0.15) is 0 Å². The average molecular weight is 618 g/mol. The molecule has 0 aromatic carbocycles. The van der Waals surface area contributed by atoms with E-state index in [1.165, 1.54) is 146 Å². The van der Waals surface area contributed by atoms with E-state index in [2.05, 4.69) is 40.3 Å². The molecular formula is C35H71NO3S2. The van der Waals surface area contributed by atoms with E-state index in [4.69, 9.17) is 4.74 Å². The van der Waals surface area contributed by atoms with Crippen LogP contribution in [-0.4, -0.2) is 60.3 Å². The highest BCUT2D eigenvalue weighted by Gasteiger charge is 2.05. The lowest BCUT2D eigenvalue weighted by Gasteiger charge is -2.21. The smallest absolute Gasteiger partial charge is 0.305 e. The third kappa shape index (κ3) is 34.4. The van der Waals surface area contributed by atoms with Gasteiger partial charge in [-0.25, -0.2) is 0 Å². The zero-order chi connectivity index (χ0) is 29.9. The minimum Gasteiger partial charge on any atom is -0.466 e. The standard InChI is InChI=1S/C35H71NO3S2/c1-3-5-7-9-11-18-24-32-39-35(38)27-21-15-13-16-22-28-36(30-31-37)29-23-17-14-20-26-34-41-40-33-25-19-12-10-8-6-4-2/h37H,3-34H2,1-2H3. The van der Waals surface area contributed by atoms with Gasteiger partial charge in [0.25, 0.3) is 0 Å². The van der Waals surface area contributed by atoms with E-state index in [-0.39, 0.29) is 12.6 Å². The van der Waals surface area contributed by atoms with Crippen LogP contribution in [0.2, 0.25) is 0 Å². The minimum absolute atomic E-state index is 0.0125. The summed E-state index contributed by atoms with van der Waals surface area (Å²) < 4.78 is 5.39. The lowest BCUT2D eigenvalue weighted by molar-refractivity contribution is -0.143. The second kappa shape index (κ2) is 36.3. The Bertz CT molecular complexity index is 510. The number of hydrogen-bond acceptors (Lipinski definition) is 6. The second-order valence-corrected chi connectivity index (χ2v) is 14.7. The number of aliphatic hydroxyl groups is 1. The average Bonchev–Trinajstić information content (AvgIpc) is 2.97. The van der Waals surface area contributed by atoms with Crippen molar-refractivity contribution in [3.8, 4) is 0 Å². The van der Waals surface area contributed by atoms with Crippen molar-refractivity contribution in [2.45, 2.75) is 174 Å². The van der Waals surface area contributed by atoms with Crippen LogP contribution in [0.4, 0.5) is 0 Å². The SMILES string of the molecule is CCCCCCCCCOC(=O)CCCCCCCN(CCO)CCCCCCCSSCCCCCCCCC. The fourth-order valence-electron chi connectivity index (χ4n) is 5.19. The second-order valence-electron chi connectivity index (χ2n) is 12.0. The van der Waals surface area contributed by atoms with Gasteiger partial charge >= 0.3 is 5.97 Å². The molecule has 0 radical (unpaired) electrons. The summed E-state index contributed by atoms with van der Waals surface area (Å²) in [7, 11) is 4.17. The summed E-state index contributed by atoms with van der Waals surface area (Å²) >= 11 is 0. The first-order chi connectivity index (χ1) is 20.2. The van der Waals surface area contributed by atoms with Gasteiger partial charge in [0, 0.05) is 24.5 Å². The third-order valence-corrected chi connectivity index (χ3v) is 10.5. The summed E-state index contributed by atoms with van der Waals surface area (Å²) in [5.74, 6) is 2.62. The third-order valence-electron chi connectivity index (χ3n) is 7.90. The Morgan fingerprint density at radius 1 is 0.537 bits per heavy atom. The predicted octanol–water partition coefficient (Wildman–Crippen LogP) is 11.0. The maximum absolute atomic E-state index is 11.9. The maximum atomic E-state index is 11.9. The van der Waals surface area contributed by atoms with Crippen molar-refractivity contribution < 1.29 is 14.6 Å².